The van der Waals surface area contributed by atoms with Crippen molar-refractivity contribution >= 4 is 21.8 Å². The van der Waals surface area contributed by atoms with E-state index in [1.165, 1.54) is 6.07 Å². The van der Waals surface area contributed by atoms with Crippen LogP contribution in [0.3, 0.4) is 0 Å². The molecule has 0 radical (unpaired) electrons. The molecule has 0 unspecified atom stereocenters. The van der Waals surface area contributed by atoms with Crippen molar-refractivity contribution in [1.29, 1.82) is 0 Å². The molecule has 0 aromatic carbocycles. The number of aromatic nitrogens is 1. The lowest BCUT2D eigenvalue weighted by atomic mass is 10.2. The summed E-state index contributed by atoms with van der Waals surface area (Å²) >= 11 is 3.28. The smallest absolute Gasteiger partial charge is 0.261 e. The highest BCUT2D eigenvalue weighted by molar-refractivity contribution is 9.10. The first-order valence-corrected chi connectivity index (χ1v) is 5.70. The lowest BCUT2D eigenvalue weighted by Gasteiger charge is -2.05. The number of pyridine rings is 1. The van der Waals surface area contributed by atoms with Gasteiger partial charge in [-0.15, -0.1) is 0 Å². The Morgan fingerprint density at radius 3 is 2.88 bits per heavy atom. The fourth-order valence-electron chi connectivity index (χ4n) is 1.23. The van der Waals surface area contributed by atoms with E-state index in [9.17, 15) is 9.59 Å². The third kappa shape index (κ3) is 2.93. The molecule has 5 nitrogen and oxygen atoms in total. The van der Waals surface area contributed by atoms with Gasteiger partial charge in [-0.25, -0.2) is 0 Å². The average molecular weight is 289 g/mol. The molecule has 0 bridgehead atoms. The number of aryl methyl sites for hydroxylation is 1. The van der Waals surface area contributed by atoms with Crippen molar-refractivity contribution in [2.75, 3.05) is 13.2 Å². The molecule has 1 heterocycles. The second-order valence-corrected chi connectivity index (χ2v) is 4.03. The van der Waals surface area contributed by atoms with Crippen molar-refractivity contribution in [3.05, 3.63) is 32.2 Å². The molecule has 0 fully saturated rings. The molecule has 6 heteroatoms. The standard InChI is InChI=1S/C10H13BrN2O3/c1-2-8-7(11)5-6(10(16)13-8)9(15)12-3-4-14/h5,14H,2-4H2,1H3,(H,12,15)(H,13,16). The van der Waals surface area contributed by atoms with Crippen LogP contribution in [0.25, 0.3) is 0 Å². The molecule has 0 aliphatic heterocycles. The van der Waals surface area contributed by atoms with E-state index in [2.05, 4.69) is 26.2 Å². The molecule has 88 valence electrons. The van der Waals surface area contributed by atoms with Crippen LogP contribution in [0.5, 0.6) is 0 Å². The van der Waals surface area contributed by atoms with Crippen LogP contribution >= 0.6 is 15.9 Å². The van der Waals surface area contributed by atoms with Gasteiger partial charge in [0.25, 0.3) is 11.5 Å². The number of amides is 1. The molecule has 0 spiro atoms. The highest BCUT2D eigenvalue weighted by Crippen LogP contribution is 2.14. The minimum absolute atomic E-state index is 0.0394. The van der Waals surface area contributed by atoms with E-state index in [4.69, 9.17) is 5.11 Å². The van der Waals surface area contributed by atoms with Crippen molar-refractivity contribution in [2.45, 2.75) is 13.3 Å². The third-order valence-corrected chi connectivity index (χ3v) is 2.77. The largest absolute Gasteiger partial charge is 0.395 e. The summed E-state index contributed by atoms with van der Waals surface area (Å²) in [7, 11) is 0. The van der Waals surface area contributed by atoms with E-state index in [0.717, 1.165) is 5.69 Å². The van der Waals surface area contributed by atoms with Crippen molar-refractivity contribution in [1.82, 2.24) is 10.3 Å². The molecule has 16 heavy (non-hydrogen) atoms. The van der Waals surface area contributed by atoms with Crippen LogP contribution < -0.4 is 10.9 Å². The normalized spacial score (nSPS) is 10.2. The van der Waals surface area contributed by atoms with Gasteiger partial charge >= 0.3 is 0 Å². The van der Waals surface area contributed by atoms with E-state index in [1.54, 1.807) is 0 Å². The Balaban J connectivity index is 3.02. The number of carbonyl (C=O) groups excluding carboxylic acids is 1. The molecule has 3 N–H and O–H groups in total. The highest BCUT2D eigenvalue weighted by Gasteiger charge is 2.12. The first-order valence-electron chi connectivity index (χ1n) is 4.91. The first-order chi connectivity index (χ1) is 7.60. The van der Waals surface area contributed by atoms with Crippen LogP contribution in [0.1, 0.15) is 23.0 Å². The zero-order valence-electron chi connectivity index (χ0n) is 8.84. The number of nitrogens with one attached hydrogen (secondary N) is 2. The maximum atomic E-state index is 11.6. The van der Waals surface area contributed by atoms with E-state index >= 15 is 0 Å². The molecule has 1 rings (SSSR count). The van der Waals surface area contributed by atoms with E-state index in [-0.39, 0.29) is 18.7 Å². The van der Waals surface area contributed by atoms with E-state index in [0.29, 0.717) is 10.9 Å². The van der Waals surface area contributed by atoms with Crippen LogP contribution in [0, 0.1) is 0 Å². The molecule has 0 saturated carbocycles. The number of aliphatic hydroxyl groups excluding tert-OH is 1. The second kappa shape index (κ2) is 5.81. The summed E-state index contributed by atoms with van der Waals surface area (Å²) in [5.41, 5.74) is 0.372. The number of carbonyl (C=O) groups is 1. The van der Waals surface area contributed by atoms with E-state index in [1.807, 2.05) is 6.92 Å². The number of rotatable bonds is 4. The summed E-state index contributed by atoms with van der Waals surface area (Å²) < 4.78 is 0.698. The van der Waals surface area contributed by atoms with Gasteiger partial charge in [-0.3, -0.25) is 9.59 Å². The average Bonchev–Trinajstić information content (AvgIpc) is 2.28. The Bertz CT molecular complexity index is 442. The van der Waals surface area contributed by atoms with Crippen molar-refractivity contribution in [2.24, 2.45) is 0 Å². The van der Waals surface area contributed by atoms with Gasteiger partial charge in [-0.1, -0.05) is 6.92 Å². The van der Waals surface area contributed by atoms with Crippen molar-refractivity contribution < 1.29 is 9.90 Å². The quantitative estimate of drug-likeness (QED) is 0.751. The predicted molar refractivity (Wildman–Crippen MR) is 63.6 cm³/mol. The van der Waals surface area contributed by atoms with Gasteiger partial charge < -0.3 is 15.4 Å². The van der Waals surface area contributed by atoms with Gasteiger partial charge in [0.1, 0.15) is 5.56 Å². The van der Waals surface area contributed by atoms with Gasteiger partial charge in [0.2, 0.25) is 0 Å². The highest BCUT2D eigenvalue weighted by atomic mass is 79.9. The number of halogens is 1. The predicted octanol–water partition coefficient (Wildman–Crippen LogP) is 0.422. The molecule has 0 aliphatic carbocycles. The van der Waals surface area contributed by atoms with Crippen LogP contribution in [-0.4, -0.2) is 29.1 Å². The number of aliphatic hydroxyl groups is 1. The Morgan fingerprint density at radius 2 is 2.31 bits per heavy atom. The minimum atomic E-state index is -0.487. The molecule has 0 aliphatic rings. The summed E-state index contributed by atoms with van der Waals surface area (Å²) in [4.78, 5) is 25.7. The minimum Gasteiger partial charge on any atom is -0.395 e. The van der Waals surface area contributed by atoms with Crippen LogP contribution in [0.15, 0.2) is 15.3 Å². The molecule has 0 atom stereocenters. The second-order valence-electron chi connectivity index (χ2n) is 3.17. The summed E-state index contributed by atoms with van der Waals surface area (Å²) in [6.07, 6.45) is 0.675. The van der Waals surface area contributed by atoms with Crippen LogP contribution in [-0.2, 0) is 6.42 Å². The number of H-pyrrole nitrogens is 1. The lowest BCUT2D eigenvalue weighted by Crippen LogP contribution is -2.31. The topological polar surface area (TPSA) is 82.2 Å². The number of aromatic amines is 1. The molecular weight excluding hydrogens is 276 g/mol. The van der Waals surface area contributed by atoms with Crippen LogP contribution in [0.4, 0.5) is 0 Å². The lowest BCUT2D eigenvalue weighted by molar-refractivity contribution is 0.0943. The molecule has 1 aromatic heterocycles. The summed E-state index contributed by atoms with van der Waals surface area (Å²) in [5.74, 6) is -0.487. The van der Waals surface area contributed by atoms with Gasteiger partial charge in [0.05, 0.1) is 6.61 Å². The van der Waals surface area contributed by atoms with Gasteiger partial charge in [0.15, 0.2) is 0 Å². The summed E-state index contributed by atoms with van der Waals surface area (Å²) in [6, 6.07) is 1.49. The maximum absolute atomic E-state index is 11.6. The number of hydrogen-bond acceptors (Lipinski definition) is 3. The van der Waals surface area contributed by atoms with Gasteiger partial charge in [0, 0.05) is 16.7 Å². The fourth-order valence-corrected chi connectivity index (χ4v) is 1.84. The van der Waals surface area contributed by atoms with Crippen molar-refractivity contribution in [3.8, 4) is 0 Å². The third-order valence-electron chi connectivity index (χ3n) is 2.06. The van der Waals surface area contributed by atoms with Crippen molar-refractivity contribution in [3.63, 3.8) is 0 Å². The zero-order chi connectivity index (χ0) is 12.1. The fraction of sp³-hybridized carbons (Fsp3) is 0.400. The molecule has 1 amide bonds. The monoisotopic (exact) mass is 288 g/mol. The molecular formula is C10H13BrN2O3. The zero-order valence-corrected chi connectivity index (χ0v) is 10.4. The Morgan fingerprint density at radius 1 is 1.62 bits per heavy atom. The molecule has 1 aromatic rings. The summed E-state index contributed by atoms with van der Waals surface area (Å²) in [5, 5.41) is 11.0. The van der Waals surface area contributed by atoms with Gasteiger partial charge in [-0.05, 0) is 28.4 Å². The maximum Gasteiger partial charge on any atom is 0.261 e. The Kier molecular flexibility index (Phi) is 4.70. The van der Waals surface area contributed by atoms with E-state index < -0.39 is 11.5 Å². The summed E-state index contributed by atoms with van der Waals surface area (Å²) in [6.45, 7) is 1.88. The van der Waals surface area contributed by atoms with Gasteiger partial charge in [-0.2, -0.15) is 0 Å². The number of hydrogen-bond donors (Lipinski definition) is 3. The molecule has 0 saturated heterocycles. The Hall–Kier alpha value is -1.14. The van der Waals surface area contributed by atoms with Crippen LogP contribution in [0.2, 0.25) is 0 Å². The SMILES string of the molecule is CCc1[nH]c(=O)c(C(=O)NCCO)cc1Br. The Labute approximate surface area is 101 Å². The first kappa shape index (κ1) is 12.9.